The van der Waals surface area contributed by atoms with Crippen molar-refractivity contribution in [1.29, 1.82) is 0 Å². The topological polar surface area (TPSA) is 36.4 Å². The van der Waals surface area contributed by atoms with Gasteiger partial charge in [0.05, 0.1) is 5.03 Å². The average molecular weight is 299 g/mol. The zero-order valence-corrected chi connectivity index (χ0v) is 12.7. The van der Waals surface area contributed by atoms with Gasteiger partial charge in [0.15, 0.2) is 0 Å². The second kappa shape index (κ2) is 6.18. The van der Waals surface area contributed by atoms with Crippen molar-refractivity contribution in [2.24, 2.45) is 0 Å². The molecule has 108 valence electrons. The number of likely N-dealkylation sites (N-methyl/N-ethyl adjacent to an activating group) is 1. The van der Waals surface area contributed by atoms with Crippen molar-refractivity contribution < 1.29 is 4.79 Å². The summed E-state index contributed by atoms with van der Waals surface area (Å²) in [5.41, 5.74) is 1.77. The van der Waals surface area contributed by atoms with Crippen LogP contribution < -0.4 is 0 Å². The number of rotatable bonds is 4. The number of aromatic nitrogens is 1. The number of amides is 1. The quantitative estimate of drug-likeness (QED) is 0.855. The van der Waals surface area contributed by atoms with E-state index in [2.05, 4.69) is 16.0 Å². The number of hydrogen-bond donors (Lipinski definition) is 0. The molecule has 0 atom stereocenters. The van der Waals surface area contributed by atoms with Crippen LogP contribution in [0.2, 0.25) is 0 Å². The molecule has 0 saturated carbocycles. The van der Waals surface area contributed by atoms with Gasteiger partial charge in [-0.05, 0) is 18.2 Å². The van der Waals surface area contributed by atoms with Gasteiger partial charge in [0.1, 0.15) is 5.70 Å². The molecule has 0 saturated heterocycles. The fourth-order valence-corrected chi connectivity index (χ4v) is 3.21. The third kappa shape index (κ3) is 3.03. The van der Waals surface area contributed by atoms with Crippen LogP contribution >= 0.6 is 11.8 Å². The minimum atomic E-state index is 0.0668. The Labute approximate surface area is 128 Å². The van der Waals surface area contributed by atoms with Crippen molar-refractivity contribution >= 4 is 17.7 Å². The van der Waals surface area contributed by atoms with Crippen molar-refractivity contribution in [3.8, 4) is 0 Å². The molecule has 3 heterocycles. The zero-order chi connectivity index (χ0) is 14.7. The fraction of sp³-hybridized carbons (Fsp3) is 0.250. The monoisotopic (exact) mass is 299 g/mol. The van der Waals surface area contributed by atoms with Gasteiger partial charge in [-0.25, -0.2) is 0 Å². The maximum absolute atomic E-state index is 12.6. The van der Waals surface area contributed by atoms with Gasteiger partial charge in [0, 0.05) is 43.9 Å². The highest BCUT2D eigenvalue weighted by Crippen LogP contribution is 2.36. The van der Waals surface area contributed by atoms with Crippen molar-refractivity contribution in [3.63, 3.8) is 0 Å². The smallest absolute Gasteiger partial charge is 0.270 e. The summed E-state index contributed by atoms with van der Waals surface area (Å²) in [7, 11) is 1.85. The maximum atomic E-state index is 12.6. The molecule has 0 bridgehead atoms. The predicted octanol–water partition coefficient (Wildman–Crippen LogP) is 2.38. The van der Waals surface area contributed by atoms with Crippen LogP contribution in [0.15, 0.2) is 58.8 Å². The van der Waals surface area contributed by atoms with Gasteiger partial charge in [-0.1, -0.05) is 30.0 Å². The Morgan fingerprint density at radius 3 is 3.19 bits per heavy atom. The number of nitrogens with zero attached hydrogens (tertiary/aromatic N) is 3. The van der Waals surface area contributed by atoms with Gasteiger partial charge < -0.3 is 9.80 Å². The highest BCUT2D eigenvalue weighted by Gasteiger charge is 2.28. The first-order valence-corrected chi connectivity index (χ1v) is 7.80. The summed E-state index contributed by atoms with van der Waals surface area (Å²) in [4.78, 5) is 20.7. The van der Waals surface area contributed by atoms with Crippen LogP contribution in [0.1, 0.15) is 5.69 Å². The predicted molar refractivity (Wildman–Crippen MR) is 85.2 cm³/mol. The van der Waals surface area contributed by atoms with E-state index in [9.17, 15) is 4.79 Å². The van der Waals surface area contributed by atoms with Gasteiger partial charge in [-0.15, -0.1) is 0 Å². The average Bonchev–Trinajstić information content (AvgIpc) is 2.97. The molecule has 1 amide bonds. The highest BCUT2D eigenvalue weighted by atomic mass is 32.2. The Balaban J connectivity index is 1.60. The van der Waals surface area contributed by atoms with E-state index in [4.69, 9.17) is 0 Å². The van der Waals surface area contributed by atoms with E-state index >= 15 is 0 Å². The van der Waals surface area contributed by atoms with E-state index in [-0.39, 0.29) is 5.91 Å². The van der Waals surface area contributed by atoms with Crippen LogP contribution in [0.4, 0.5) is 0 Å². The first-order chi connectivity index (χ1) is 10.3. The molecule has 0 radical (unpaired) electrons. The van der Waals surface area contributed by atoms with E-state index in [1.54, 1.807) is 22.9 Å². The maximum Gasteiger partial charge on any atom is 0.270 e. The largest absolute Gasteiger partial charge is 0.340 e. The van der Waals surface area contributed by atoms with Gasteiger partial charge in [0.2, 0.25) is 0 Å². The summed E-state index contributed by atoms with van der Waals surface area (Å²) >= 11 is 1.61. The number of carbonyl (C=O) groups is 1. The summed E-state index contributed by atoms with van der Waals surface area (Å²) in [6.07, 6.45) is 8.69. The number of carbonyl (C=O) groups excluding carboxylic acids is 1. The standard InChI is InChI=1S/C16H17N3OS/c1-18(11-8-13-6-2-4-9-17-13)16(20)14-12-21-15-7-3-5-10-19(14)15/h2-7,9,12H,8,10-11H2,1H3. The van der Waals surface area contributed by atoms with Crippen LogP contribution in [0, 0.1) is 0 Å². The van der Waals surface area contributed by atoms with Crippen LogP contribution in [0.3, 0.4) is 0 Å². The number of fused-ring (bicyclic) bond motifs is 1. The second-order valence-electron chi connectivity index (χ2n) is 4.96. The van der Waals surface area contributed by atoms with Crippen molar-refractivity contribution in [2.45, 2.75) is 6.42 Å². The van der Waals surface area contributed by atoms with E-state index in [0.717, 1.165) is 29.4 Å². The number of allylic oxidation sites excluding steroid dienone is 2. The van der Waals surface area contributed by atoms with E-state index < -0.39 is 0 Å². The fourth-order valence-electron chi connectivity index (χ4n) is 2.29. The molecule has 0 aliphatic carbocycles. The van der Waals surface area contributed by atoms with Gasteiger partial charge >= 0.3 is 0 Å². The summed E-state index contributed by atoms with van der Waals surface area (Å²) in [6.45, 7) is 1.44. The number of hydrogen-bond acceptors (Lipinski definition) is 4. The molecule has 1 aromatic rings. The molecule has 0 unspecified atom stereocenters. The van der Waals surface area contributed by atoms with Gasteiger partial charge in [-0.3, -0.25) is 9.78 Å². The lowest BCUT2D eigenvalue weighted by molar-refractivity contribution is -0.127. The normalized spacial score (nSPS) is 16.3. The lowest BCUT2D eigenvalue weighted by Gasteiger charge is -2.26. The molecular weight excluding hydrogens is 282 g/mol. The van der Waals surface area contributed by atoms with E-state index in [0.29, 0.717) is 6.54 Å². The van der Waals surface area contributed by atoms with Crippen LogP contribution in [-0.2, 0) is 11.2 Å². The van der Waals surface area contributed by atoms with Crippen molar-refractivity contribution in [3.05, 3.63) is 64.5 Å². The van der Waals surface area contributed by atoms with Gasteiger partial charge in [-0.2, -0.15) is 0 Å². The summed E-state index contributed by atoms with van der Waals surface area (Å²) in [6, 6.07) is 5.85. The molecule has 0 fully saturated rings. The third-order valence-electron chi connectivity index (χ3n) is 3.51. The molecule has 0 N–H and O–H groups in total. The summed E-state index contributed by atoms with van der Waals surface area (Å²) < 4.78 is 0. The lowest BCUT2D eigenvalue weighted by atomic mass is 10.2. The molecule has 2 aliphatic heterocycles. The van der Waals surface area contributed by atoms with Crippen molar-refractivity contribution in [1.82, 2.24) is 14.8 Å². The third-order valence-corrected chi connectivity index (χ3v) is 4.45. The molecule has 3 rings (SSSR count). The molecule has 5 heteroatoms. The first-order valence-electron chi connectivity index (χ1n) is 6.92. The number of pyridine rings is 1. The van der Waals surface area contributed by atoms with Crippen LogP contribution in [-0.4, -0.2) is 40.8 Å². The molecular formula is C16H17N3OS. The SMILES string of the molecule is CN(CCc1ccccn1)C(=O)C1=CSC2=CC=CCN21. The Kier molecular flexibility index (Phi) is 4.10. The summed E-state index contributed by atoms with van der Waals surface area (Å²) in [5.74, 6) is 0.0668. The lowest BCUT2D eigenvalue weighted by Crippen LogP contribution is -2.35. The molecule has 1 aromatic heterocycles. The Morgan fingerprint density at radius 1 is 1.48 bits per heavy atom. The van der Waals surface area contributed by atoms with Crippen molar-refractivity contribution in [2.75, 3.05) is 20.1 Å². The zero-order valence-electron chi connectivity index (χ0n) is 11.9. The molecule has 21 heavy (non-hydrogen) atoms. The van der Waals surface area contributed by atoms with E-state index in [1.807, 2.05) is 42.8 Å². The molecule has 0 aromatic carbocycles. The van der Waals surface area contributed by atoms with Gasteiger partial charge in [0.25, 0.3) is 5.91 Å². The first kappa shape index (κ1) is 13.9. The minimum Gasteiger partial charge on any atom is -0.340 e. The Bertz CT molecular complexity index is 622. The highest BCUT2D eigenvalue weighted by molar-refractivity contribution is 8.06. The Hall–Kier alpha value is -2.01. The van der Waals surface area contributed by atoms with E-state index in [1.165, 1.54) is 0 Å². The van der Waals surface area contributed by atoms with Crippen LogP contribution in [0.5, 0.6) is 0 Å². The molecule has 4 nitrogen and oxygen atoms in total. The Morgan fingerprint density at radius 2 is 2.38 bits per heavy atom. The second-order valence-corrected chi connectivity index (χ2v) is 5.85. The number of thioether (sulfide) groups is 1. The molecule has 0 spiro atoms. The summed E-state index contributed by atoms with van der Waals surface area (Å²) in [5, 5.41) is 3.07. The molecule has 2 aliphatic rings. The minimum absolute atomic E-state index is 0.0668. The van der Waals surface area contributed by atoms with Crippen LogP contribution in [0.25, 0.3) is 0 Å².